The van der Waals surface area contributed by atoms with Gasteiger partial charge in [0.15, 0.2) is 0 Å². The molecule has 2 aromatic carbocycles. The van der Waals surface area contributed by atoms with Crippen molar-refractivity contribution < 1.29 is 24.2 Å². The molecule has 46 heavy (non-hydrogen) atoms. The van der Waals surface area contributed by atoms with Crippen molar-refractivity contribution in [2.45, 2.75) is 90.1 Å². The number of carbonyl (C=O) groups excluding carboxylic acids is 2. The summed E-state index contributed by atoms with van der Waals surface area (Å²) in [5.74, 6) is 0. The number of halogens is 2. The molecule has 3 N–H and O–H groups in total. The van der Waals surface area contributed by atoms with Gasteiger partial charge in [-0.15, -0.1) is 0 Å². The molecular formula is C35H42Cl2N4O5. The summed E-state index contributed by atoms with van der Waals surface area (Å²) in [5.41, 5.74) is 2.90. The SMILES string of the molecule is CC(C)(C)OC(=O)n1cc(-c2cc(CNCC(O)CNC(=O)OC3CCCCCCC3)c3ccc(Cl)cc3n2)c2cc(Cl)ccc21. The Labute approximate surface area is 279 Å². The fourth-order valence-corrected chi connectivity index (χ4v) is 6.14. The van der Waals surface area contributed by atoms with Gasteiger partial charge in [0.25, 0.3) is 0 Å². The highest BCUT2D eigenvalue weighted by molar-refractivity contribution is 6.32. The van der Waals surface area contributed by atoms with Crippen LogP contribution in [0.5, 0.6) is 0 Å². The molecule has 1 unspecified atom stereocenters. The van der Waals surface area contributed by atoms with Crippen molar-refractivity contribution in [3.63, 3.8) is 0 Å². The molecule has 1 fully saturated rings. The molecule has 246 valence electrons. The maximum absolute atomic E-state index is 13.2. The number of hydrogen-bond acceptors (Lipinski definition) is 7. The molecule has 2 aromatic heterocycles. The molecule has 1 atom stereocenters. The van der Waals surface area contributed by atoms with E-state index in [1.54, 1.807) is 30.5 Å². The molecule has 2 heterocycles. The van der Waals surface area contributed by atoms with E-state index in [1.165, 1.54) is 23.8 Å². The molecule has 0 spiro atoms. The number of nitrogens with one attached hydrogen (secondary N) is 2. The van der Waals surface area contributed by atoms with Crippen molar-refractivity contribution >= 4 is 57.2 Å². The number of carbonyl (C=O) groups is 2. The number of aliphatic hydroxyl groups is 1. The third-order valence-electron chi connectivity index (χ3n) is 7.99. The van der Waals surface area contributed by atoms with Gasteiger partial charge in [0.05, 0.1) is 22.8 Å². The zero-order valence-electron chi connectivity index (χ0n) is 26.6. The van der Waals surface area contributed by atoms with Gasteiger partial charge in [-0.1, -0.05) is 48.5 Å². The van der Waals surface area contributed by atoms with Crippen molar-refractivity contribution in [1.82, 2.24) is 20.2 Å². The predicted octanol–water partition coefficient (Wildman–Crippen LogP) is 8.24. The van der Waals surface area contributed by atoms with Gasteiger partial charge in [-0.25, -0.2) is 14.6 Å². The van der Waals surface area contributed by atoms with Crippen LogP contribution in [0.1, 0.15) is 71.3 Å². The first-order chi connectivity index (χ1) is 22.0. The van der Waals surface area contributed by atoms with Gasteiger partial charge in [0, 0.05) is 52.2 Å². The van der Waals surface area contributed by atoms with Crippen LogP contribution in [0.25, 0.3) is 33.1 Å². The standard InChI is InChI=1S/C35H42Cl2N4O5/c1-35(2,3)46-34(44)41-21-29(28-16-23(36)12-14-32(28)41)30-15-22(27-13-11-24(37)17-31(27)40-30)18-38-19-25(42)20-39-33(43)45-26-9-7-5-4-6-8-10-26/h11-17,21,25-26,38,42H,4-10,18-20H2,1-3H3,(H,39,43). The second kappa shape index (κ2) is 15.0. The maximum Gasteiger partial charge on any atom is 0.419 e. The highest BCUT2D eigenvalue weighted by Crippen LogP contribution is 2.35. The van der Waals surface area contributed by atoms with Crippen molar-refractivity contribution in [1.29, 1.82) is 0 Å². The zero-order valence-corrected chi connectivity index (χ0v) is 28.1. The summed E-state index contributed by atoms with van der Waals surface area (Å²) >= 11 is 12.8. The summed E-state index contributed by atoms with van der Waals surface area (Å²) in [6, 6.07) is 12.8. The molecule has 11 heteroatoms. The topological polar surface area (TPSA) is 115 Å². The molecule has 5 rings (SSSR count). The van der Waals surface area contributed by atoms with E-state index in [-0.39, 0.29) is 19.2 Å². The van der Waals surface area contributed by atoms with Crippen LogP contribution in [0, 0.1) is 0 Å². The lowest BCUT2D eigenvalue weighted by Gasteiger charge is -2.21. The maximum atomic E-state index is 13.2. The quantitative estimate of drug-likeness (QED) is 0.173. The Balaban J connectivity index is 1.32. The van der Waals surface area contributed by atoms with Crippen molar-refractivity contribution in [3.05, 3.63) is 64.3 Å². The average Bonchev–Trinajstić information content (AvgIpc) is 3.35. The van der Waals surface area contributed by atoms with Crippen LogP contribution in [-0.2, 0) is 16.0 Å². The Morgan fingerprint density at radius 2 is 1.67 bits per heavy atom. The summed E-state index contributed by atoms with van der Waals surface area (Å²) < 4.78 is 12.7. The van der Waals surface area contributed by atoms with Gasteiger partial charge in [-0.05, 0) is 88.4 Å². The molecule has 0 radical (unpaired) electrons. The minimum absolute atomic E-state index is 0.0626. The fraction of sp³-hybridized carbons (Fsp3) is 0.457. The molecule has 4 aromatic rings. The fourth-order valence-electron chi connectivity index (χ4n) is 5.80. The largest absolute Gasteiger partial charge is 0.446 e. The zero-order chi connectivity index (χ0) is 32.8. The van der Waals surface area contributed by atoms with Crippen molar-refractivity contribution in [2.75, 3.05) is 13.1 Å². The summed E-state index contributed by atoms with van der Waals surface area (Å²) in [7, 11) is 0. The van der Waals surface area contributed by atoms with E-state index >= 15 is 0 Å². The predicted molar refractivity (Wildman–Crippen MR) is 183 cm³/mol. The second-order valence-corrected chi connectivity index (χ2v) is 13.8. The molecule has 1 aliphatic rings. The Kier molecular flexibility index (Phi) is 11.1. The van der Waals surface area contributed by atoms with Crippen LogP contribution in [0.3, 0.4) is 0 Å². The van der Waals surface area contributed by atoms with Crippen molar-refractivity contribution in [3.8, 4) is 11.3 Å². The molecule has 0 aliphatic heterocycles. The van der Waals surface area contributed by atoms with E-state index in [4.69, 9.17) is 37.7 Å². The lowest BCUT2D eigenvalue weighted by molar-refractivity contribution is 0.0544. The highest BCUT2D eigenvalue weighted by atomic mass is 35.5. The molecule has 9 nitrogen and oxygen atoms in total. The molecule has 1 aliphatic carbocycles. The number of fused-ring (bicyclic) bond motifs is 2. The van der Waals surface area contributed by atoms with Gasteiger partial charge >= 0.3 is 12.2 Å². The Hall–Kier alpha value is -3.37. The molecule has 0 saturated heterocycles. The van der Waals surface area contributed by atoms with E-state index in [9.17, 15) is 14.7 Å². The number of hydrogen-bond donors (Lipinski definition) is 3. The minimum atomic E-state index is -0.819. The Bertz CT molecular complexity index is 1690. The smallest absolute Gasteiger partial charge is 0.419 e. The van der Waals surface area contributed by atoms with E-state index in [0.717, 1.165) is 42.0 Å². The van der Waals surface area contributed by atoms with Crippen LogP contribution in [-0.4, -0.2) is 57.7 Å². The normalized spacial score (nSPS) is 15.3. The number of nitrogens with zero attached hydrogens (tertiary/aromatic N) is 2. The number of aromatic nitrogens is 2. The molecule has 1 saturated carbocycles. The number of aliphatic hydroxyl groups excluding tert-OH is 1. The monoisotopic (exact) mass is 668 g/mol. The van der Waals surface area contributed by atoms with E-state index in [0.29, 0.717) is 38.9 Å². The van der Waals surface area contributed by atoms with Gasteiger partial charge in [-0.3, -0.25) is 4.57 Å². The van der Waals surface area contributed by atoms with Gasteiger partial charge in [0.1, 0.15) is 11.7 Å². The number of rotatable bonds is 8. The Morgan fingerprint density at radius 1 is 0.978 bits per heavy atom. The van der Waals surface area contributed by atoms with Crippen LogP contribution < -0.4 is 10.6 Å². The summed E-state index contributed by atoms with van der Waals surface area (Å²) in [6.45, 7) is 6.18. The van der Waals surface area contributed by atoms with Crippen LogP contribution in [0.15, 0.2) is 48.7 Å². The van der Waals surface area contributed by atoms with E-state index < -0.39 is 23.9 Å². The van der Waals surface area contributed by atoms with Gasteiger partial charge < -0.3 is 25.2 Å². The van der Waals surface area contributed by atoms with Gasteiger partial charge in [-0.2, -0.15) is 0 Å². The third kappa shape index (κ3) is 8.91. The van der Waals surface area contributed by atoms with E-state index in [1.807, 2.05) is 39.0 Å². The molecular weight excluding hydrogens is 627 g/mol. The number of benzene rings is 2. The third-order valence-corrected chi connectivity index (χ3v) is 8.46. The number of amides is 1. The lowest BCUT2D eigenvalue weighted by atomic mass is 9.99. The highest BCUT2D eigenvalue weighted by Gasteiger charge is 2.23. The molecule has 0 bridgehead atoms. The first kappa shape index (κ1) is 34.0. The van der Waals surface area contributed by atoms with Crippen LogP contribution in [0.2, 0.25) is 10.0 Å². The Morgan fingerprint density at radius 3 is 2.41 bits per heavy atom. The van der Waals surface area contributed by atoms with Crippen LogP contribution in [0.4, 0.5) is 9.59 Å². The van der Waals surface area contributed by atoms with E-state index in [2.05, 4.69) is 10.6 Å². The summed E-state index contributed by atoms with van der Waals surface area (Å²) in [6.07, 6.45) is 7.36. The van der Waals surface area contributed by atoms with Crippen molar-refractivity contribution in [2.24, 2.45) is 0 Å². The minimum Gasteiger partial charge on any atom is -0.446 e. The van der Waals surface area contributed by atoms with Crippen LogP contribution >= 0.6 is 23.2 Å². The lowest BCUT2D eigenvalue weighted by Crippen LogP contribution is -2.39. The number of alkyl carbamates (subject to hydrolysis) is 1. The summed E-state index contributed by atoms with van der Waals surface area (Å²) in [5, 5.41) is 19.3. The van der Waals surface area contributed by atoms with Gasteiger partial charge in [0.2, 0.25) is 0 Å². The average molecular weight is 670 g/mol. The number of ether oxygens (including phenoxy) is 2. The first-order valence-corrected chi connectivity index (χ1v) is 16.7. The first-order valence-electron chi connectivity index (χ1n) is 15.9. The number of pyridine rings is 1. The summed E-state index contributed by atoms with van der Waals surface area (Å²) in [4.78, 5) is 30.4. The molecule has 1 amide bonds. The second-order valence-electron chi connectivity index (χ2n) is 12.9.